The fourth-order valence-corrected chi connectivity index (χ4v) is 0.475. The van der Waals surface area contributed by atoms with E-state index in [2.05, 4.69) is 25.0 Å². The molecule has 0 aromatic carbocycles. The Morgan fingerprint density at radius 1 is 1.42 bits per heavy atom. The van der Waals surface area contributed by atoms with Crippen molar-refractivity contribution in [3.63, 3.8) is 0 Å². The smallest absolute Gasteiger partial charge is 0.335 e. The lowest BCUT2D eigenvalue weighted by molar-refractivity contribution is -0.132. The SMILES string of the molecule is C=C(C#CC)/C=C\C(=C)C(=O)O. The minimum atomic E-state index is -1.04. The molecule has 0 aromatic rings. The van der Waals surface area contributed by atoms with Crippen LogP contribution in [0, 0.1) is 11.8 Å². The Balaban J connectivity index is 4.23. The minimum absolute atomic E-state index is 0.0223. The molecule has 2 heteroatoms. The molecule has 0 aliphatic rings. The van der Waals surface area contributed by atoms with Crippen molar-refractivity contribution >= 4 is 5.97 Å². The number of rotatable bonds is 3. The molecule has 0 unspecified atom stereocenters. The van der Waals surface area contributed by atoms with Gasteiger partial charge in [-0.05, 0) is 19.1 Å². The first-order valence-corrected chi connectivity index (χ1v) is 3.30. The highest BCUT2D eigenvalue weighted by molar-refractivity contribution is 5.89. The molecule has 0 atom stereocenters. The van der Waals surface area contributed by atoms with E-state index in [1.165, 1.54) is 12.2 Å². The van der Waals surface area contributed by atoms with Crippen molar-refractivity contribution in [2.75, 3.05) is 0 Å². The normalized spacial score (nSPS) is 8.75. The molecule has 0 aliphatic carbocycles. The summed E-state index contributed by atoms with van der Waals surface area (Å²) < 4.78 is 0. The summed E-state index contributed by atoms with van der Waals surface area (Å²) in [4.78, 5) is 10.3. The van der Waals surface area contributed by atoms with Crippen LogP contribution >= 0.6 is 0 Å². The second-order valence-electron chi connectivity index (χ2n) is 2.06. The lowest BCUT2D eigenvalue weighted by Gasteiger charge is -1.88. The van der Waals surface area contributed by atoms with Gasteiger partial charge in [0.05, 0.1) is 5.57 Å². The summed E-state index contributed by atoms with van der Waals surface area (Å²) in [7, 11) is 0. The van der Waals surface area contributed by atoms with Gasteiger partial charge in [0.2, 0.25) is 0 Å². The average molecular weight is 162 g/mol. The zero-order chi connectivity index (χ0) is 9.56. The molecule has 0 spiro atoms. The predicted molar refractivity (Wildman–Crippen MR) is 48.5 cm³/mol. The highest BCUT2D eigenvalue weighted by Gasteiger charge is 1.96. The second kappa shape index (κ2) is 4.97. The van der Waals surface area contributed by atoms with Gasteiger partial charge in [0.25, 0.3) is 0 Å². The van der Waals surface area contributed by atoms with E-state index in [1.807, 2.05) is 0 Å². The van der Waals surface area contributed by atoms with Crippen LogP contribution in [0.5, 0.6) is 0 Å². The van der Waals surface area contributed by atoms with Gasteiger partial charge in [-0.2, -0.15) is 0 Å². The van der Waals surface area contributed by atoms with Gasteiger partial charge in [0.1, 0.15) is 0 Å². The first-order valence-electron chi connectivity index (χ1n) is 3.30. The summed E-state index contributed by atoms with van der Waals surface area (Å²) in [5.41, 5.74) is 0.592. The predicted octanol–water partition coefficient (Wildman–Crippen LogP) is 1.76. The minimum Gasteiger partial charge on any atom is -0.478 e. The largest absolute Gasteiger partial charge is 0.478 e. The number of carboxylic acid groups (broad SMARTS) is 1. The molecular formula is C10H10O2. The van der Waals surface area contributed by atoms with Crippen molar-refractivity contribution < 1.29 is 9.90 Å². The highest BCUT2D eigenvalue weighted by atomic mass is 16.4. The number of hydrogen-bond acceptors (Lipinski definition) is 1. The molecule has 0 amide bonds. The first kappa shape index (κ1) is 10.2. The Hall–Kier alpha value is -1.75. The molecule has 0 rings (SSSR count). The Bertz CT molecular complexity index is 298. The van der Waals surface area contributed by atoms with E-state index in [9.17, 15) is 4.79 Å². The van der Waals surface area contributed by atoms with Crippen molar-refractivity contribution in [3.05, 3.63) is 36.5 Å². The van der Waals surface area contributed by atoms with Crippen molar-refractivity contribution in [2.45, 2.75) is 6.92 Å². The molecule has 0 heterocycles. The maximum absolute atomic E-state index is 10.3. The van der Waals surface area contributed by atoms with Gasteiger partial charge in [-0.15, -0.1) is 5.92 Å². The Morgan fingerprint density at radius 2 is 2.00 bits per heavy atom. The second-order valence-corrected chi connectivity index (χ2v) is 2.06. The van der Waals surface area contributed by atoms with E-state index in [0.29, 0.717) is 5.57 Å². The number of carbonyl (C=O) groups is 1. The standard InChI is InChI=1S/C10H10O2/c1-4-5-8(2)6-7-9(3)10(11)12/h6-7H,2-3H2,1H3,(H,11,12)/b7-6-. The van der Waals surface area contributed by atoms with E-state index in [1.54, 1.807) is 6.92 Å². The van der Waals surface area contributed by atoms with E-state index in [4.69, 9.17) is 5.11 Å². The fraction of sp³-hybridized carbons (Fsp3) is 0.100. The van der Waals surface area contributed by atoms with Gasteiger partial charge in [-0.1, -0.05) is 19.1 Å². The summed E-state index contributed by atoms with van der Waals surface area (Å²) >= 11 is 0. The van der Waals surface area contributed by atoms with Gasteiger partial charge in [0, 0.05) is 5.57 Å². The topological polar surface area (TPSA) is 37.3 Å². The van der Waals surface area contributed by atoms with Gasteiger partial charge in [-0.3, -0.25) is 0 Å². The zero-order valence-corrected chi connectivity index (χ0v) is 6.92. The third-order valence-corrected chi connectivity index (χ3v) is 1.05. The van der Waals surface area contributed by atoms with E-state index in [-0.39, 0.29) is 5.57 Å². The van der Waals surface area contributed by atoms with E-state index < -0.39 is 5.97 Å². The van der Waals surface area contributed by atoms with Crippen molar-refractivity contribution in [1.29, 1.82) is 0 Å². The van der Waals surface area contributed by atoms with Crippen LogP contribution in [0.15, 0.2) is 36.5 Å². The summed E-state index contributed by atoms with van der Waals surface area (Å²) in [6, 6.07) is 0. The number of carboxylic acids is 1. The lowest BCUT2D eigenvalue weighted by atomic mass is 10.2. The van der Waals surface area contributed by atoms with Gasteiger partial charge >= 0.3 is 5.97 Å². The molecule has 62 valence electrons. The average Bonchev–Trinajstić information content (AvgIpc) is 2.00. The Morgan fingerprint density at radius 3 is 2.42 bits per heavy atom. The molecular weight excluding hydrogens is 152 g/mol. The summed E-state index contributed by atoms with van der Waals surface area (Å²) in [6.45, 7) is 8.58. The summed E-state index contributed by atoms with van der Waals surface area (Å²) in [5, 5.41) is 8.41. The number of hydrogen-bond donors (Lipinski definition) is 1. The number of aliphatic carboxylic acids is 1. The fourth-order valence-electron chi connectivity index (χ4n) is 0.475. The molecule has 2 nitrogen and oxygen atoms in total. The van der Waals surface area contributed by atoms with Gasteiger partial charge in [-0.25, -0.2) is 4.79 Å². The maximum atomic E-state index is 10.3. The maximum Gasteiger partial charge on any atom is 0.335 e. The molecule has 12 heavy (non-hydrogen) atoms. The Labute approximate surface area is 71.9 Å². The van der Waals surface area contributed by atoms with Crippen LogP contribution in [0.3, 0.4) is 0 Å². The molecule has 0 radical (unpaired) electrons. The molecule has 0 aromatic heterocycles. The third-order valence-electron chi connectivity index (χ3n) is 1.05. The molecule has 0 fully saturated rings. The van der Waals surface area contributed by atoms with Crippen LogP contribution in [-0.4, -0.2) is 11.1 Å². The van der Waals surface area contributed by atoms with Gasteiger partial charge < -0.3 is 5.11 Å². The van der Waals surface area contributed by atoms with Crippen molar-refractivity contribution in [2.24, 2.45) is 0 Å². The quantitative estimate of drug-likeness (QED) is 0.390. The highest BCUT2D eigenvalue weighted by Crippen LogP contribution is 1.96. The van der Waals surface area contributed by atoms with Crippen molar-refractivity contribution in [1.82, 2.24) is 0 Å². The lowest BCUT2D eigenvalue weighted by Crippen LogP contribution is -1.94. The molecule has 0 saturated heterocycles. The zero-order valence-electron chi connectivity index (χ0n) is 6.92. The molecule has 0 saturated carbocycles. The molecule has 0 bridgehead atoms. The van der Waals surface area contributed by atoms with Crippen LogP contribution in [0.1, 0.15) is 6.92 Å². The van der Waals surface area contributed by atoms with Crippen LogP contribution in [0.2, 0.25) is 0 Å². The molecule has 1 N–H and O–H groups in total. The van der Waals surface area contributed by atoms with Crippen molar-refractivity contribution in [3.8, 4) is 11.8 Å². The van der Waals surface area contributed by atoms with Crippen LogP contribution < -0.4 is 0 Å². The van der Waals surface area contributed by atoms with Crippen LogP contribution in [0.25, 0.3) is 0 Å². The first-order chi connectivity index (χ1) is 5.57. The van der Waals surface area contributed by atoms with Crippen LogP contribution in [0.4, 0.5) is 0 Å². The summed E-state index contributed by atoms with van der Waals surface area (Å²) in [5.74, 6) is 4.28. The molecule has 0 aliphatic heterocycles. The third kappa shape index (κ3) is 4.13. The van der Waals surface area contributed by atoms with Gasteiger partial charge in [0.15, 0.2) is 0 Å². The monoisotopic (exact) mass is 162 g/mol. The van der Waals surface area contributed by atoms with E-state index >= 15 is 0 Å². The van der Waals surface area contributed by atoms with Crippen LogP contribution in [-0.2, 0) is 4.79 Å². The summed E-state index contributed by atoms with van der Waals surface area (Å²) in [6.07, 6.45) is 2.89. The Kier molecular flexibility index (Phi) is 4.25. The van der Waals surface area contributed by atoms with E-state index in [0.717, 1.165) is 0 Å². The number of allylic oxidation sites excluding steroid dienone is 2.